The molecule has 0 fully saturated rings. The molecule has 4 nitrogen and oxygen atoms in total. The minimum Gasteiger partial charge on any atom is -0.493 e. The lowest BCUT2D eigenvalue weighted by molar-refractivity contribution is -0.127. The van der Waals surface area contributed by atoms with Gasteiger partial charge < -0.3 is 14.8 Å². The molecule has 1 amide bonds. The zero-order chi connectivity index (χ0) is 17.7. The average molecular weight is 368 g/mol. The van der Waals surface area contributed by atoms with Gasteiger partial charge in [-0.2, -0.15) is 0 Å². The van der Waals surface area contributed by atoms with Gasteiger partial charge in [-0.15, -0.1) is 0 Å². The first kappa shape index (κ1) is 18.4. The lowest BCUT2D eigenvalue weighted by atomic mass is 10.1. The van der Waals surface area contributed by atoms with Crippen molar-refractivity contribution in [1.82, 2.24) is 5.32 Å². The highest BCUT2D eigenvalue weighted by molar-refractivity contribution is 6.35. The number of carbonyl (C=O) groups excluding carboxylic acids is 1. The van der Waals surface area contributed by atoms with E-state index < -0.39 is 6.10 Å². The van der Waals surface area contributed by atoms with Crippen LogP contribution in [0.15, 0.2) is 42.5 Å². The Kier molecular flexibility index (Phi) is 6.35. The molecule has 0 aromatic heterocycles. The standard InChI is InChI=1S/C18H19Cl2NO3/c1-11(14-9-8-13(19)10-15(14)20)21-18(22)12(2)24-17-7-5-4-6-16(17)23-3/h4-12H,1-3H3,(H,21,22)/t11-,12-/m1/s1. The molecule has 0 aliphatic carbocycles. The molecule has 1 N–H and O–H groups in total. The van der Waals surface area contributed by atoms with Crippen LogP contribution in [0, 0.1) is 0 Å². The molecule has 0 heterocycles. The van der Waals surface area contributed by atoms with E-state index >= 15 is 0 Å². The van der Waals surface area contributed by atoms with Crippen molar-refractivity contribution in [3.8, 4) is 11.5 Å². The summed E-state index contributed by atoms with van der Waals surface area (Å²) < 4.78 is 10.9. The van der Waals surface area contributed by atoms with Crippen molar-refractivity contribution >= 4 is 29.1 Å². The molecule has 2 aromatic carbocycles. The number of methoxy groups -OCH3 is 1. The fraction of sp³-hybridized carbons (Fsp3) is 0.278. The second-order valence-corrected chi connectivity index (χ2v) is 6.15. The number of nitrogens with one attached hydrogen (secondary N) is 1. The van der Waals surface area contributed by atoms with Crippen LogP contribution < -0.4 is 14.8 Å². The molecule has 2 rings (SSSR count). The Balaban J connectivity index is 2.03. The molecule has 0 radical (unpaired) electrons. The summed E-state index contributed by atoms with van der Waals surface area (Å²) in [7, 11) is 1.55. The predicted molar refractivity (Wildman–Crippen MR) is 96.1 cm³/mol. The summed E-state index contributed by atoms with van der Waals surface area (Å²) in [5, 5.41) is 3.94. The summed E-state index contributed by atoms with van der Waals surface area (Å²) >= 11 is 12.1. The third-order valence-corrected chi connectivity index (χ3v) is 4.09. The molecule has 6 heteroatoms. The van der Waals surface area contributed by atoms with Crippen LogP contribution in [0.25, 0.3) is 0 Å². The molecule has 128 valence electrons. The highest BCUT2D eigenvalue weighted by Crippen LogP contribution is 2.28. The average Bonchev–Trinajstić information content (AvgIpc) is 2.55. The van der Waals surface area contributed by atoms with Crippen LogP contribution in [0.5, 0.6) is 11.5 Å². The lowest BCUT2D eigenvalue weighted by Crippen LogP contribution is -2.37. The largest absolute Gasteiger partial charge is 0.493 e. The van der Waals surface area contributed by atoms with E-state index in [1.54, 1.807) is 44.4 Å². The van der Waals surface area contributed by atoms with E-state index in [1.807, 2.05) is 19.1 Å². The van der Waals surface area contributed by atoms with E-state index in [2.05, 4.69) is 5.32 Å². The maximum absolute atomic E-state index is 12.4. The first-order chi connectivity index (χ1) is 11.4. The number of halogens is 2. The fourth-order valence-electron chi connectivity index (χ4n) is 2.22. The van der Waals surface area contributed by atoms with Gasteiger partial charge in [-0.3, -0.25) is 4.79 Å². The monoisotopic (exact) mass is 367 g/mol. The van der Waals surface area contributed by atoms with E-state index in [4.69, 9.17) is 32.7 Å². The molecule has 0 bridgehead atoms. The molecular weight excluding hydrogens is 349 g/mol. The van der Waals surface area contributed by atoms with E-state index in [0.717, 1.165) is 5.56 Å². The molecule has 24 heavy (non-hydrogen) atoms. The van der Waals surface area contributed by atoms with Gasteiger partial charge in [0.1, 0.15) is 0 Å². The number of carbonyl (C=O) groups is 1. The molecule has 2 aromatic rings. The number of benzene rings is 2. The van der Waals surface area contributed by atoms with E-state index in [9.17, 15) is 4.79 Å². The van der Waals surface area contributed by atoms with E-state index in [1.165, 1.54) is 0 Å². The zero-order valence-corrected chi connectivity index (χ0v) is 15.2. The first-order valence-electron chi connectivity index (χ1n) is 7.47. The van der Waals surface area contributed by atoms with Crippen LogP contribution in [0.4, 0.5) is 0 Å². The summed E-state index contributed by atoms with van der Waals surface area (Å²) in [5.41, 5.74) is 0.791. The van der Waals surface area contributed by atoms with Crippen molar-refractivity contribution in [2.24, 2.45) is 0 Å². The van der Waals surface area contributed by atoms with Crippen LogP contribution in [-0.4, -0.2) is 19.1 Å². The SMILES string of the molecule is COc1ccccc1O[C@H](C)C(=O)N[C@H](C)c1ccc(Cl)cc1Cl. The number of hydrogen-bond donors (Lipinski definition) is 1. The summed E-state index contributed by atoms with van der Waals surface area (Å²) in [5.74, 6) is 0.838. The van der Waals surface area contributed by atoms with Gasteiger partial charge >= 0.3 is 0 Å². The van der Waals surface area contributed by atoms with Crippen molar-refractivity contribution < 1.29 is 14.3 Å². The molecule has 0 saturated carbocycles. The Morgan fingerprint density at radius 1 is 1.08 bits per heavy atom. The number of hydrogen-bond acceptors (Lipinski definition) is 3. The fourth-order valence-corrected chi connectivity index (χ4v) is 2.79. The van der Waals surface area contributed by atoms with Crippen LogP contribution >= 0.6 is 23.2 Å². The van der Waals surface area contributed by atoms with Crippen LogP contribution in [0.3, 0.4) is 0 Å². The smallest absolute Gasteiger partial charge is 0.261 e. The van der Waals surface area contributed by atoms with Crippen LogP contribution in [0.2, 0.25) is 10.0 Å². The van der Waals surface area contributed by atoms with Gasteiger partial charge in [0.2, 0.25) is 0 Å². The zero-order valence-electron chi connectivity index (χ0n) is 13.7. The summed E-state index contributed by atoms with van der Waals surface area (Å²) in [6, 6.07) is 12.1. The van der Waals surface area contributed by atoms with Crippen LogP contribution in [-0.2, 0) is 4.79 Å². The van der Waals surface area contributed by atoms with Crippen LogP contribution in [0.1, 0.15) is 25.5 Å². The lowest BCUT2D eigenvalue weighted by Gasteiger charge is -2.20. The molecule has 0 aliphatic rings. The van der Waals surface area contributed by atoms with Crippen molar-refractivity contribution in [2.45, 2.75) is 26.0 Å². The Morgan fingerprint density at radius 2 is 1.75 bits per heavy atom. The number of rotatable bonds is 6. The third-order valence-electron chi connectivity index (χ3n) is 3.53. The second kappa shape index (κ2) is 8.27. The summed E-state index contributed by atoms with van der Waals surface area (Å²) in [6.45, 7) is 3.53. The van der Waals surface area contributed by atoms with E-state index in [-0.39, 0.29) is 11.9 Å². The number of ether oxygens (including phenoxy) is 2. The minimum atomic E-state index is -0.685. The van der Waals surface area contributed by atoms with Gasteiger partial charge in [0, 0.05) is 10.0 Å². The topological polar surface area (TPSA) is 47.6 Å². The Hall–Kier alpha value is -1.91. The number of amides is 1. The Morgan fingerprint density at radius 3 is 2.38 bits per heavy atom. The number of para-hydroxylation sites is 2. The van der Waals surface area contributed by atoms with Gasteiger partial charge in [-0.05, 0) is 43.7 Å². The Labute approximate surface area is 151 Å². The van der Waals surface area contributed by atoms with Crippen molar-refractivity contribution in [3.63, 3.8) is 0 Å². The second-order valence-electron chi connectivity index (χ2n) is 5.31. The minimum absolute atomic E-state index is 0.251. The summed E-state index contributed by atoms with van der Waals surface area (Å²) in [4.78, 5) is 12.4. The molecule has 0 saturated heterocycles. The van der Waals surface area contributed by atoms with Gasteiger partial charge in [-0.25, -0.2) is 0 Å². The van der Waals surface area contributed by atoms with Gasteiger partial charge in [0.05, 0.1) is 13.2 Å². The highest BCUT2D eigenvalue weighted by Gasteiger charge is 2.20. The quantitative estimate of drug-likeness (QED) is 0.808. The van der Waals surface area contributed by atoms with Crippen molar-refractivity contribution in [3.05, 3.63) is 58.1 Å². The predicted octanol–water partition coefficient (Wildman–Crippen LogP) is 4.65. The third kappa shape index (κ3) is 4.56. The Bertz CT molecular complexity index is 721. The molecule has 0 aliphatic heterocycles. The highest BCUT2D eigenvalue weighted by atomic mass is 35.5. The van der Waals surface area contributed by atoms with Crippen molar-refractivity contribution in [1.29, 1.82) is 0 Å². The van der Waals surface area contributed by atoms with Gasteiger partial charge in [-0.1, -0.05) is 41.4 Å². The maximum atomic E-state index is 12.4. The van der Waals surface area contributed by atoms with E-state index in [0.29, 0.717) is 21.5 Å². The molecule has 0 unspecified atom stereocenters. The molecular formula is C18H19Cl2NO3. The summed E-state index contributed by atoms with van der Waals surface area (Å²) in [6.07, 6.45) is -0.685. The molecule has 2 atom stereocenters. The maximum Gasteiger partial charge on any atom is 0.261 e. The van der Waals surface area contributed by atoms with Crippen molar-refractivity contribution in [2.75, 3.05) is 7.11 Å². The molecule has 0 spiro atoms. The van der Waals surface area contributed by atoms with Gasteiger partial charge in [0.25, 0.3) is 5.91 Å². The first-order valence-corrected chi connectivity index (χ1v) is 8.23. The van der Waals surface area contributed by atoms with Gasteiger partial charge in [0.15, 0.2) is 17.6 Å². The normalized spacial score (nSPS) is 13.0.